The maximum absolute atomic E-state index is 13.0. The van der Waals surface area contributed by atoms with Crippen molar-refractivity contribution < 1.29 is 9.53 Å². The molecule has 2 aromatic carbocycles. The minimum absolute atomic E-state index is 0.261. The van der Waals surface area contributed by atoms with Crippen molar-refractivity contribution in [3.05, 3.63) is 59.7 Å². The van der Waals surface area contributed by atoms with Crippen LogP contribution in [0.25, 0.3) is 0 Å². The summed E-state index contributed by atoms with van der Waals surface area (Å²) in [4.78, 5) is 19.8. The first-order valence-corrected chi connectivity index (χ1v) is 11.2. The fourth-order valence-corrected chi connectivity index (χ4v) is 4.66. The Bertz CT molecular complexity index is 844. The summed E-state index contributed by atoms with van der Waals surface area (Å²) in [6.07, 6.45) is 2.26. The lowest BCUT2D eigenvalue weighted by Crippen LogP contribution is -2.51. The molecule has 0 saturated carbocycles. The number of anilines is 1. The van der Waals surface area contributed by atoms with Crippen molar-refractivity contribution in [1.29, 1.82) is 0 Å². The van der Waals surface area contributed by atoms with Gasteiger partial charge in [-0.1, -0.05) is 24.3 Å². The Kier molecular flexibility index (Phi) is 6.58. The van der Waals surface area contributed by atoms with Crippen molar-refractivity contribution in [1.82, 2.24) is 9.80 Å². The minimum Gasteiger partial charge on any atom is -0.494 e. The number of hydrogen-bond donors (Lipinski definition) is 0. The molecule has 1 amide bonds. The number of piperazine rings is 1. The van der Waals surface area contributed by atoms with Crippen LogP contribution < -0.4 is 9.64 Å². The van der Waals surface area contributed by atoms with Crippen LogP contribution in [0.4, 0.5) is 5.69 Å². The van der Waals surface area contributed by atoms with E-state index in [1.165, 1.54) is 16.8 Å². The van der Waals surface area contributed by atoms with Crippen molar-refractivity contribution in [2.45, 2.75) is 32.7 Å². The minimum atomic E-state index is 0.261. The molecule has 5 heteroatoms. The van der Waals surface area contributed by atoms with Gasteiger partial charge in [0.05, 0.1) is 13.2 Å². The lowest BCUT2D eigenvalue weighted by molar-refractivity contribution is -0.133. The molecule has 5 nitrogen and oxygen atoms in total. The van der Waals surface area contributed by atoms with Gasteiger partial charge in [0, 0.05) is 37.9 Å². The molecule has 2 aromatic rings. The van der Waals surface area contributed by atoms with Gasteiger partial charge in [0.2, 0.25) is 5.91 Å². The molecule has 1 atom stereocenters. The molecule has 0 spiro atoms. The highest BCUT2D eigenvalue weighted by Crippen LogP contribution is 2.32. The number of rotatable bonds is 6. The maximum atomic E-state index is 13.0. The van der Waals surface area contributed by atoms with E-state index >= 15 is 0 Å². The average molecular weight is 408 g/mol. The van der Waals surface area contributed by atoms with Gasteiger partial charge in [-0.25, -0.2) is 0 Å². The molecule has 2 aliphatic rings. The summed E-state index contributed by atoms with van der Waals surface area (Å²) < 4.78 is 5.56. The second-order valence-electron chi connectivity index (χ2n) is 8.34. The Morgan fingerprint density at radius 1 is 1.03 bits per heavy atom. The van der Waals surface area contributed by atoms with E-state index in [2.05, 4.69) is 53.1 Å². The topological polar surface area (TPSA) is 36.0 Å². The van der Waals surface area contributed by atoms with E-state index in [9.17, 15) is 4.79 Å². The average Bonchev–Trinajstić information content (AvgIpc) is 3.23. The summed E-state index contributed by atoms with van der Waals surface area (Å²) in [5, 5.41) is 0. The first-order valence-electron chi connectivity index (χ1n) is 11.2. The summed E-state index contributed by atoms with van der Waals surface area (Å²) >= 11 is 0. The molecule has 30 heavy (non-hydrogen) atoms. The molecule has 0 aromatic heterocycles. The Morgan fingerprint density at radius 2 is 1.80 bits per heavy atom. The van der Waals surface area contributed by atoms with E-state index in [-0.39, 0.29) is 5.91 Å². The number of amides is 1. The van der Waals surface area contributed by atoms with Gasteiger partial charge in [-0.05, 0) is 68.6 Å². The van der Waals surface area contributed by atoms with E-state index < -0.39 is 0 Å². The molecule has 2 fully saturated rings. The fraction of sp³-hybridized carbons (Fsp3) is 0.480. The van der Waals surface area contributed by atoms with Gasteiger partial charge in [0.25, 0.3) is 0 Å². The monoisotopic (exact) mass is 407 g/mol. The summed E-state index contributed by atoms with van der Waals surface area (Å²) in [7, 11) is 0. The van der Waals surface area contributed by atoms with Gasteiger partial charge in [-0.2, -0.15) is 0 Å². The third kappa shape index (κ3) is 4.78. The molecule has 160 valence electrons. The van der Waals surface area contributed by atoms with Gasteiger partial charge >= 0.3 is 0 Å². The number of ether oxygens (including phenoxy) is 1. The quantitative estimate of drug-likeness (QED) is 0.728. The van der Waals surface area contributed by atoms with Gasteiger partial charge in [-0.15, -0.1) is 0 Å². The molecule has 2 heterocycles. The van der Waals surface area contributed by atoms with Crippen molar-refractivity contribution >= 4 is 11.6 Å². The van der Waals surface area contributed by atoms with Crippen LogP contribution in [0.1, 0.15) is 36.9 Å². The number of carbonyl (C=O) groups excluding carboxylic acids is 1. The molecular weight excluding hydrogens is 374 g/mol. The Balaban J connectivity index is 1.32. The number of carbonyl (C=O) groups is 1. The zero-order valence-corrected chi connectivity index (χ0v) is 18.2. The van der Waals surface area contributed by atoms with Crippen molar-refractivity contribution in [3.63, 3.8) is 0 Å². The summed E-state index contributed by atoms with van der Waals surface area (Å²) in [6, 6.07) is 17.3. The molecule has 0 radical (unpaired) electrons. The smallest absolute Gasteiger partial charge is 0.236 e. The van der Waals surface area contributed by atoms with Crippen LogP contribution >= 0.6 is 0 Å². The van der Waals surface area contributed by atoms with Gasteiger partial charge in [-0.3, -0.25) is 9.69 Å². The van der Waals surface area contributed by atoms with E-state index in [1.807, 2.05) is 24.0 Å². The highest BCUT2D eigenvalue weighted by molar-refractivity contribution is 5.78. The van der Waals surface area contributed by atoms with E-state index in [4.69, 9.17) is 4.74 Å². The molecule has 2 aliphatic heterocycles. The molecular formula is C25H33N3O2. The zero-order chi connectivity index (χ0) is 20.9. The van der Waals surface area contributed by atoms with E-state index in [0.29, 0.717) is 19.2 Å². The Morgan fingerprint density at radius 3 is 2.50 bits per heavy atom. The van der Waals surface area contributed by atoms with Gasteiger partial charge in [0.15, 0.2) is 0 Å². The first kappa shape index (κ1) is 20.7. The summed E-state index contributed by atoms with van der Waals surface area (Å²) in [5.41, 5.74) is 3.82. The maximum Gasteiger partial charge on any atom is 0.236 e. The Labute approximate surface area is 180 Å². The lowest BCUT2D eigenvalue weighted by Gasteiger charge is -2.37. The largest absolute Gasteiger partial charge is 0.494 e. The number of nitrogens with zero attached hydrogens (tertiary/aromatic N) is 3. The number of benzene rings is 2. The predicted molar refractivity (Wildman–Crippen MR) is 121 cm³/mol. The van der Waals surface area contributed by atoms with Crippen LogP contribution in [0.2, 0.25) is 0 Å². The number of likely N-dealkylation sites (tertiary alicyclic amines) is 1. The highest BCUT2D eigenvalue weighted by atomic mass is 16.5. The normalized spacial score (nSPS) is 19.9. The van der Waals surface area contributed by atoms with E-state index in [1.54, 1.807) is 0 Å². The standard InChI is InChI=1S/C25H33N3O2/c1-3-30-23-11-9-21(10-12-23)24-8-5-13-28(24)19-25(29)27-16-14-26(15-17-27)22-7-4-6-20(2)18-22/h4,6-7,9-12,18,24H,3,5,8,13-17,19H2,1-2H3. The molecule has 1 unspecified atom stereocenters. The van der Waals surface area contributed by atoms with Crippen molar-refractivity contribution in [3.8, 4) is 5.75 Å². The highest BCUT2D eigenvalue weighted by Gasteiger charge is 2.30. The van der Waals surface area contributed by atoms with Crippen LogP contribution in [0.3, 0.4) is 0 Å². The molecule has 0 aliphatic carbocycles. The zero-order valence-electron chi connectivity index (χ0n) is 18.2. The van der Waals surface area contributed by atoms with Gasteiger partial charge < -0.3 is 14.5 Å². The van der Waals surface area contributed by atoms with Crippen molar-refractivity contribution in [2.24, 2.45) is 0 Å². The van der Waals surface area contributed by atoms with Crippen LogP contribution in [0.15, 0.2) is 48.5 Å². The third-order valence-corrected chi connectivity index (χ3v) is 6.28. The van der Waals surface area contributed by atoms with E-state index in [0.717, 1.165) is 51.3 Å². The summed E-state index contributed by atoms with van der Waals surface area (Å²) in [6.45, 7) is 9.71. The lowest BCUT2D eigenvalue weighted by atomic mass is 10.0. The SMILES string of the molecule is CCOc1ccc(C2CCCN2CC(=O)N2CCN(c3cccc(C)c3)CC2)cc1. The van der Waals surface area contributed by atoms with Crippen LogP contribution in [0, 0.1) is 6.92 Å². The van der Waals surface area contributed by atoms with Crippen molar-refractivity contribution in [2.75, 3.05) is 50.8 Å². The second-order valence-corrected chi connectivity index (χ2v) is 8.34. The first-order chi connectivity index (χ1) is 14.6. The van der Waals surface area contributed by atoms with Gasteiger partial charge in [0.1, 0.15) is 5.75 Å². The Hall–Kier alpha value is -2.53. The van der Waals surface area contributed by atoms with Crippen LogP contribution in [-0.4, -0.2) is 61.6 Å². The third-order valence-electron chi connectivity index (χ3n) is 6.28. The fourth-order valence-electron chi connectivity index (χ4n) is 4.66. The summed E-state index contributed by atoms with van der Waals surface area (Å²) in [5.74, 6) is 1.17. The molecule has 2 saturated heterocycles. The molecule has 0 bridgehead atoms. The number of hydrogen-bond acceptors (Lipinski definition) is 4. The second kappa shape index (κ2) is 9.52. The predicted octanol–water partition coefficient (Wildman–Crippen LogP) is 3.88. The molecule has 4 rings (SSSR count). The number of aryl methyl sites for hydroxylation is 1. The molecule has 0 N–H and O–H groups in total. The van der Waals surface area contributed by atoms with Crippen LogP contribution in [0.5, 0.6) is 5.75 Å². The van der Waals surface area contributed by atoms with Crippen LogP contribution in [-0.2, 0) is 4.79 Å².